The number of rotatable bonds is 6. The molecule has 5 nitrogen and oxygen atoms in total. The summed E-state index contributed by atoms with van der Waals surface area (Å²) >= 11 is 0. The maximum atomic E-state index is 13.0. The minimum Gasteiger partial charge on any atom is -0.506 e. The molecule has 5 heteroatoms. The fourth-order valence-electron chi connectivity index (χ4n) is 3.71. The number of nitrogens with zero attached hydrogens (tertiary/aromatic N) is 2. The number of ether oxygens (including phenoxy) is 1. The van der Waals surface area contributed by atoms with Crippen LogP contribution in [-0.4, -0.2) is 57.1 Å². The zero-order valence-corrected chi connectivity index (χ0v) is 18.4. The van der Waals surface area contributed by atoms with Gasteiger partial charge in [-0.2, -0.15) is 0 Å². The van der Waals surface area contributed by atoms with Crippen molar-refractivity contribution < 1.29 is 14.6 Å². The van der Waals surface area contributed by atoms with Crippen molar-refractivity contribution in [1.82, 2.24) is 4.90 Å². The van der Waals surface area contributed by atoms with Gasteiger partial charge in [0.1, 0.15) is 17.1 Å². The molecule has 0 amide bonds. The van der Waals surface area contributed by atoms with E-state index in [1.54, 1.807) is 6.08 Å². The van der Waals surface area contributed by atoms with E-state index in [4.69, 9.17) is 4.74 Å². The first-order valence-corrected chi connectivity index (χ1v) is 10.1. The Kier molecular flexibility index (Phi) is 6.63. The second-order valence-corrected chi connectivity index (χ2v) is 7.92. The molecule has 1 aliphatic heterocycles. The van der Waals surface area contributed by atoms with Gasteiger partial charge in [-0.15, -0.1) is 0 Å². The normalized spacial score (nSPS) is 14.6. The SMILES string of the molecule is COc1cc(C)c(C2=CCN(C)CC2)c(O)c1C(=O)/C=C/c1ccc(N(C)C)cc1. The number of phenolic OH excluding ortho intramolecular Hbond substituents is 1. The summed E-state index contributed by atoms with van der Waals surface area (Å²) in [5, 5.41) is 11.1. The van der Waals surface area contributed by atoms with Gasteiger partial charge >= 0.3 is 0 Å². The highest BCUT2D eigenvalue weighted by atomic mass is 16.5. The molecule has 0 atom stereocenters. The summed E-state index contributed by atoms with van der Waals surface area (Å²) in [5.74, 6) is 0.107. The largest absolute Gasteiger partial charge is 0.506 e. The highest BCUT2D eigenvalue weighted by molar-refractivity contribution is 6.11. The fourth-order valence-corrected chi connectivity index (χ4v) is 3.71. The molecule has 0 saturated heterocycles. The standard InChI is InChI=1S/C25H30N2O3/c1-17-16-22(30-5)24(25(29)23(17)19-12-14-27(4)15-13-19)21(28)11-8-18-6-9-20(10-7-18)26(2)3/h6-12,16,29H,13-15H2,1-5H3/b11-8+. The van der Waals surface area contributed by atoms with E-state index >= 15 is 0 Å². The third kappa shape index (κ3) is 4.57. The van der Waals surface area contributed by atoms with Gasteiger partial charge in [0.2, 0.25) is 0 Å². The topological polar surface area (TPSA) is 53.0 Å². The van der Waals surface area contributed by atoms with E-state index in [2.05, 4.69) is 18.0 Å². The van der Waals surface area contributed by atoms with Gasteiger partial charge in [-0.1, -0.05) is 24.3 Å². The van der Waals surface area contributed by atoms with Crippen LogP contribution in [0.1, 0.15) is 33.5 Å². The first-order chi connectivity index (χ1) is 14.3. The van der Waals surface area contributed by atoms with Gasteiger partial charge in [0.25, 0.3) is 0 Å². The average molecular weight is 407 g/mol. The summed E-state index contributed by atoms with van der Waals surface area (Å²) < 4.78 is 5.43. The number of anilines is 1. The molecule has 0 spiro atoms. The van der Waals surface area contributed by atoms with Crippen LogP contribution in [0.5, 0.6) is 11.5 Å². The number of likely N-dealkylation sites (N-methyl/N-ethyl adjacent to an activating group) is 1. The number of carbonyl (C=O) groups excluding carboxylic acids is 1. The number of ketones is 1. The number of hydrogen-bond acceptors (Lipinski definition) is 5. The van der Waals surface area contributed by atoms with Gasteiger partial charge < -0.3 is 19.6 Å². The Bertz CT molecular complexity index is 988. The van der Waals surface area contributed by atoms with Crippen molar-refractivity contribution in [3.05, 3.63) is 64.7 Å². The highest BCUT2D eigenvalue weighted by Gasteiger charge is 2.24. The molecule has 0 fully saturated rings. The molecule has 0 radical (unpaired) electrons. The molecule has 158 valence electrons. The van der Waals surface area contributed by atoms with Crippen molar-refractivity contribution in [1.29, 1.82) is 0 Å². The lowest BCUT2D eigenvalue weighted by atomic mass is 9.90. The number of phenols is 1. The van der Waals surface area contributed by atoms with Crippen molar-refractivity contribution in [3.8, 4) is 11.5 Å². The van der Waals surface area contributed by atoms with Crippen LogP contribution < -0.4 is 9.64 Å². The van der Waals surface area contributed by atoms with Crippen LogP contribution >= 0.6 is 0 Å². The van der Waals surface area contributed by atoms with Crippen molar-refractivity contribution in [2.24, 2.45) is 0 Å². The van der Waals surface area contributed by atoms with Gasteiger partial charge in [0, 0.05) is 38.4 Å². The molecular formula is C25H30N2O3. The summed E-state index contributed by atoms with van der Waals surface area (Å²) in [5.41, 5.74) is 4.93. The number of carbonyl (C=O) groups is 1. The summed E-state index contributed by atoms with van der Waals surface area (Å²) in [4.78, 5) is 17.3. The Labute approximate surface area is 178 Å². The van der Waals surface area contributed by atoms with Crippen LogP contribution in [0.3, 0.4) is 0 Å². The summed E-state index contributed by atoms with van der Waals surface area (Å²) in [6.45, 7) is 3.68. The van der Waals surface area contributed by atoms with Crippen LogP contribution in [0.4, 0.5) is 5.69 Å². The molecular weight excluding hydrogens is 376 g/mol. The van der Waals surface area contributed by atoms with Gasteiger partial charge in [-0.25, -0.2) is 0 Å². The molecule has 1 heterocycles. The average Bonchev–Trinajstić information content (AvgIpc) is 2.73. The first kappa shape index (κ1) is 21.7. The van der Waals surface area contributed by atoms with E-state index in [9.17, 15) is 9.90 Å². The molecule has 0 bridgehead atoms. The van der Waals surface area contributed by atoms with E-state index in [1.165, 1.54) is 13.2 Å². The molecule has 0 saturated carbocycles. The monoisotopic (exact) mass is 406 g/mol. The second-order valence-electron chi connectivity index (χ2n) is 7.92. The van der Waals surface area contributed by atoms with E-state index in [-0.39, 0.29) is 17.1 Å². The van der Waals surface area contributed by atoms with Gasteiger partial charge in [0.05, 0.1) is 7.11 Å². The maximum absolute atomic E-state index is 13.0. The predicted octanol–water partition coefficient (Wildman–Crippen LogP) is 4.39. The zero-order chi connectivity index (χ0) is 21.8. The molecule has 3 rings (SSSR count). The third-order valence-electron chi connectivity index (χ3n) is 5.50. The van der Waals surface area contributed by atoms with Crippen LogP contribution in [-0.2, 0) is 0 Å². The first-order valence-electron chi connectivity index (χ1n) is 10.1. The quantitative estimate of drug-likeness (QED) is 0.570. The number of hydrogen-bond donors (Lipinski definition) is 1. The Morgan fingerprint density at radius 2 is 1.93 bits per heavy atom. The lowest BCUT2D eigenvalue weighted by Gasteiger charge is -2.24. The zero-order valence-electron chi connectivity index (χ0n) is 18.4. The maximum Gasteiger partial charge on any atom is 0.193 e. The fraction of sp³-hybridized carbons (Fsp3) is 0.320. The van der Waals surface area contributed by atoms with Crippen molar-refractivity contribution >= 4 is 23.1 Å². The van der Waals surface area contributed by atoms with Crippen LogP contribution in [0.2, 0.25) is 0 Å². The van der Waals surface area contributed by atoms with Gasteiger partial charge in [-0.05, 0) is 61.4 Å². The van der Waals surface area contributed by atoms with E-state index in [1.807, 2.05) is 56.3 Å². The summed E-state index contributed by atoms with van der Waals surface area (Å²) in [7, 11) is 7.55. The minimum atomic E-state index is -0.282. The molecule has 0 aromatic heterocycles. The Morgan fingerprint density at radius 1 is 1.23 bits per heavy atom. The third-order valence-corrected chi connectivity index (χ3v) is 5.50. The summed E-state index contributed by atoms with van der Waals surface area (Å²) in [6.07, 6.45) is 6.20. The van der Waals surface area contributed by atoms with Gasteiger partial charge in [0.15, 0.2) is 5.78 Å². The lowest BCUT2D eigenvalue weighted by molar-refractivity contribution is 0.104. The predicted molar refractivity (Wildman–Crippen MR) is 124 cm³/mol. The van der Waals surface area contributed by atoms with Crippen LogP contribution in [0.25, 0.3) is 11.6 Å². The van der Waals surface area contributed by atoms with Crippen molar-refractivity contribution in [2.75, 3.05) is 46.2 Å². The Hall–Kier alpha value is -3.05. The number of aromatic hydroxyl groups is 1. The smallest absolute Gasteiger partial charge is 0.193 e. The minimum absolute atomic E-state index is 0.000240. The van der Waals surface area contributed by atoms with Crippen LogP contribution in [0, 0.1) is 6.92 Å². The van der Waals surface area contributed by atoms with E-state index < -0.39 is 0 Å². The Morgan fingerprint density at radius 3 is 2.50 bits per heavy atom. The number of allylic oxidation sites excluding steroid dienone is 1. The number of aryl methyl sites for hydroxylation is 1. The molecule has 1 aliphatic rings. The van der Waals surface area contributed by atoms with Crippen molar-refractivity contribution in [3.63, 3.8) is 0 Å². The number of benzene rings is 2. The van der Waals surface area contributed by atoms with Gasteiger partial charge in [-0.3, -0.25) is 4.79 Å². The van der Waals surface area contributed by atoms with E-state index in [0.29, 0.717) is 5.75 Å². The molecule has 1 N–H and O–H groups in total. The number of methoxy groups -OCH3 is 1. The second kappa shape index (κ2) is 9.18. The summed E-state index contributed by atoms with van der Waals surface area (Å²) in [6, 6.07) is 9.75. The molecule has 2 aromatic carbocycles. The van der Waals surface area contributed by atoms with Crippen LogP contribution in [0.15, 0.2) is 42.5 Å². The molecule has 0 aliphatic carbocycles. The van der Waals surface area contributed by atoms with Crippen molar-refractivity contribution in [2.45, 2.75) is 13.3 Å². The Balaban J connectivity index is 1.95. The highest BCUT2D eigenvalue weighted by Crippen LogP contribution is 2.40. The van der Waals surface area contributed by atoms with E-state index in [0.717, 1.165) is 47.5 Å². The molecule has 30 heavy (non-hydrogen) atoms. The molecule has 2 aromatic rings. The lowest BCUT2D eigenvalue weighted by Crippen LogP contribution is -2.24. The molecule has 0 unspecified atom stereocenters.